The summed E-state index contributed by atoms with van der Waals surface area (Å²) in [6, 6.07) is 6.03. The van der Waals surface area contributed by atoms with Gasteiger partial charge in [-0.1, -0.05) is 6.07 Å². The van der Waals surface area contributed by atoms with Crippen LogP contribution in [0.5, 0.6) is 0 Å². The van der Waals surface area contributed by atoms with Crippen molar-refractivity contribution in [1.82, 2.24) is 0 Å². The van der Waals surface area contributed by atoms with Gasteiger partial charge < -0.3 is 10.6 Å². The van der Waals surface area contributed by atoms with E-state index in [0.29, 0.717) is 13.0 Å². The van der Waals surface area contributed by atoms with E-state index in [0.717, 1.165) is 5.69 Å². The number of aryl methyl sites for hydroxylation is 1. The van der Waals surface area contributed by atoms with Crippen LogP contribution in [0.1, 0.15) is 12.0 Å². The molecule has 0 aromatic heterocycles. The van der Waals surface area contributed by atoms with Crippen LogP contribution >= 0.6 is 22.6 Å². The van der Waals surface area contributed by atoms with Crippen molar-refractivity contribution in [2.75, 3.05) is 11.4 Å². The zero-order valence-electron chi connectivity index (χ0n) is 8.53. The molecule has 0 spiro atoms. The van der Waals surface area contributed by atoms with Crippen molar-refractivity contribution < 1.29 is 4.79 Å². The lowest BCUT2D eigenvalue weighted by molar-refractivity contribution is -0.117. The molecular weight excluding hydrogens is 303 g/mol. The van der Waals surface area contributed by atoms with E-state index in [4.69, 9.17) is 5.73 Å². The van der Waals surface area contributed by atoms with Crippen LogP contribution in [0.2, 0.25) is 0 Å². The van der Waals surface area contributed by atoms with Crippen molar-refractivity contribution in [3.05, 3.63) is 27.3 Å². The molecule has 1 aromatic carbocycles. The zero-order valence-corrected chi connectivity index (χ0v) is 10.7. The lowest BCUT2D eigenvalue weighted by Gasteiger charge is -2.16. The second kappa shape index (κ2) is 4.09. The largest absolute Gasteiger partial charge is 0.326 e. The molecule has 1 aromatic rings. The van der Waals surface area contributed by atoms with Crippen LogP contribution in [0.4, 0.5) is 5.69 Å². The monoisotopic (exact) mass is 316 g/mol. The molecule has 0 saturated carbocycles. The van der Waals surface area contributed by atoms with Gasteiger partial charge >= 0.3 is 0 Å². The van der Waals surface area contributed by atoms with Crippen LogP contribution < -0.4 is 10.6 Å². The Morgan fingerprint density at radius 2 is 2.27 bits per heavy atom. The smallest absolute Gasteiger partial charge is 0.228 e. The molecule has 1 atom stereocenters. The SMILES string of the molecule is Cc1ccc(N2CC(N)CC2=O)cc1I. The third-order valence-corrected chi connectivity index (χ3v) is 3.78. The summed E-state index contributed by atoms with van der Waals surface area (Å²) in [6.07, 6.45) is 0.463. The van der Waals surface area contributed by atoms with E-state index >= 15 is 0 Å². The molecule has 1 fully saturated rings. The van der Waals surface area contributed by atoms with Gasteiger partial charge in [-0.3, -0.25) is 4.79 Å². The number of carbonyl (C=O) groups excluding carboxylic acids is 1. The molecule has 0 radical (unpaired) electrons. The van der Waals surface area contributed by atoms with Gasteiger partial charge in [-0.25, -0.2) is 0 Å². The highest BCUT2D eigenvalue weighted by atomic mass is 127. The number of hydrogen-bond donors (Lipinski definition) is 1. The Balaban J connectivity index is 2.30. The van der Waals surface area contributed by atoms with Crippen LogP contribution in [0.15, 0.2) is 18.2 Å². The summed E-state index contributed by atoms with van der Waals surface area (Å²) in [6.45, 7) is 2.70. The van der Waals surface area contributed by atoms with Gasteiger partial charge in [0, 0.05) is 28.3 Å². The molecular formula is C11H13IN2O. The molecule has 0 bridgehead atoms. The molecule has 0 aliphatic carbocycles. The van der Waals surface area contributed by atoms with Crippen molar-refractivity contribution in [3.63, 3.8) is 0 Å². The summed E-state index contributed by atoms with van der Waals surface area (Å²) in [5, 5.41) is 0. The van der Waals surface area contributed by atoms with Crippen molar-refractivity contribution >= 4 is 34.2 Å². The number of hydrogen-bond acceptors (Lipinski definition) is 2. The predicted molar refractivity (Wildman–Crippen MR) is 68.8 cm³/mol. The standard InChI is InChI=1S/C11H13IN2O/c1-7-2-3-9(5-10(7)12)14-6-8(13)4-11(14)15/h2-3,5,8H,4,6,13H2,1H3. The quantitative estimate of drug-likeness (QED) is 0.801. The third kappa shape index (κ3) is 2.15. The number of rotatable bonds is 1. The summed E-state index contributed by atoms with van der Waals surface area (Å²) in [5.41, 5.74) is 7.95. The topological polar surface area (TPSA) is 46.3 Å². The highest BCUT2D eigenvalue weighted by Gasteiger charge is 2.27. The maximum Gasteiger partial charge on any atom is 0.228 e. The number of halogens is 1. The van der Waals surface area contributed by atoms with Crippen molar-refractivity contribution in [1.29, 1.82) is 0 Å². The molecule has 80 valence electrons. The number of benzene rings is 1. The van der Waals surface area contributed by atoms with E-state index < -0.39 is 0 Å². The number of carbonyl (C=O) groups is 1. The van der Waals surface area contributed by atoms with Crippen LogP contribution in [0.25, 0.3) is 0 Å². The van der Waals surface area contributed by atoms with Crippen LogP contribution in [0.3, 0.4) is 0 Å². The van der Waals surface area contributed by atoms with Crippen molar-refractivity contribution in [2.24, 2.45) is 5.73 Å². The Kier molecular flexibility index (Phi) is 2.97. The van der Waals surface area contributed by atoms with Crippen molar-refractivity contribution in [2.45, 2.75) is 19.4 Å². The Morgan fingerprint density at radius 3 is 2.80 bits per heavy atom. The molecule has 1 aliphatic rings. The first-order valence-electron chi connectivity index (χ1n) is 4.90. The molecule has 1 unspecified atom stereocenters. The minimum Gasteiger partial charge on any atom is -0.326 e. The van der Waals surface area contributed by atoms with E-state index in [-0.39, 0.29) is 11.9 Å². The molecule has 2 N–H and O–H groups in total. The predicted octanol–water partition coefficient (Wildman–Crippen LogP) is 1.66. The van der Waals surface area contributed by atoms with E-state index in [1.54, 1.807) is 4.90 Å². The average molecular weight is 316 g/mol. The normalized spacial score (nSPS) is 21.1. The second-order valence-corrected chi connectivity index (χ2v) is 5.06. The number of nitrogens with two attached hydrogens (primary N) is 1. The van der Waals surface area contributed by atoms with E-state index in [1.807, 2.05) is 18.2 Å². The van der Waals surface area contributed by atoms with E-state index in [1.165, 1.54) is 9.13 Å². The fourth-order valence-corrected chi connectivity index (χ4v) is 2.23. The Morgan fingerprint density at radius 1 is 1.53 bits per heavy atom. The van der Waals surface area contributed by atoms with Gasteiger partial charge in [-0.05, 0) is 47.2 Å². The molecule has 1 saturated heterocycles. The first kappa shape index (κ1) is 10.9. The molecule has 1 aliphatic heterocycles. The molecule has 15 heavy (non-hydrogen) atoms. The Bertz CT molecular complexity index is 406. The van der Waals surface area contributed by atoms with Crippen LogP contribution in [-0.4, -0.2) is 18.5 Å². The molecule has 4 heteroatoms. The third-order valence-electron chi connectivity index (χ3n) is 2.62. The summed E-state index contributed by atoms with van der Waals surface area (Å²) in [5.74, 6) is 0.127. The number of nitrogens with zero attached hydrogens (tertiary/aromatic N) is 1. The van der Waals surface area contributed by atoms with Gasteiger partial charge in [0.1, 0.15) is 0 Å². The lowest BCUT2D eigenvalue weighted by atomic mass is 10.2. The number of amides is 1. The Hall–Kier alpha value is -0.620. The maximum atomic E-state index is 11.6. The van der Waals surface area contributed by atoms with Crippen molar-refractivity contribution in [3.8, 4) is 0 Å². The summed E-state index contributed by atoms with van der Waals surface area (Å²) < 4.78 is 1.18. The number of anilines is 1. The second-order valence-electron chi connectivity index (χ2n) is 3.90. The summed E-state index contributed by atoms with van der Waals surface area (Å²) in [4.78, 5) is 13.4. The Labute approximate surface area is 103 Å². The average Bonchev–Trinajstić information content (AvgIpc) is 2.50. The fourth-order valence-electron chi connectivity index (χ4n) is 1.73. The van der Waals surface area contributed by atoms with Gasteiger partial charge in [0.25, 0.3) is 0 Å². The maximum absolute atomic E-state index is 11.6. The van der Waals surface area contributed by atoms with E-state index in [2.05, 4.69) is 29.5 Å². The van der Waals surface area contributed by atoms with Gasteiger partial charge in [0.05, 0.1) is 0 Å². The summed E-state index contributed by atoms with van der Waals surface area (Å²) in [7, 11) is 0. The van der Waals surface area contributed by atoms with Gasteiger partial charge in [0.2, 0.25) is 5.91 Å². The van der Waals surface area contributed by atoms with Crippen LogP contribution in [0, 0.1) is 10.5 Å². The minimum atomic E-state index is -0.0172. The highest BCUT2D eigenvalue weighted by Crippen LogP contribution is 2.24. The summed E-state index contributed by atoms with van der Waals surface area (Å²) >= 11 is 2.28. The molecule has 1 heterocycles. The lowest BCUT2D eigenvalue weighted by Crippen LogP contribution is -2.27. The molecule has 1 amide bonds. The fraction of sp³-hybridized carbons (Fsp3) is 0.364. The van der Waals surface area contributed by atoms with Gasteiger partial charge in [-0.2, -0.15) is 0 Å². The molecule has 2 rings (SSSR count). The highest BCUT2D eigenvalue weighted by molar-refractivity contribution is 14.1. The van der Waals surface area contributed by atoms with Crippen LogP contribution in [-0.2, 0) is 4.79 Å². The minimum absolute atomic E-state index is 0.0172. The molecule has 3 nitrogen and oxygen atoms in total. The van der Waals surface area contributed by atoms with Gasteiger partial charge in [-0.15, -0.1) is 0 Å². The zero-order chi connectivity index (χ0) is 11.0. The van der Waals surface area contributed by atoms with E-state index in [9.17, 15) is 4.79 Å². The first-order chi connectivity index (χ1) is 7.08. The first-order valence-corrected chi connectivity index (χ1v) is 5.98. The van der Waals surface area contributed by atoms with Gasteiger partial charge in [0.15, 0.2) is 0 Å².